The van der Waals surface area contributed by atoms with E-state index in [1.54, 1.807) is 12.1 Å². The summed E-state index contributed by atoms with van der Waals surface area (Å²) in [5.41, 5.74) is 0.485. The molecular weight excluding hydrogens is 300 g/mol. The van der Waals surface area contributed by atoms with Crippen LogP contribution in [0.1, 0.15) is 26.2 Å². The van der Waals surface area contributed by atoms with Crippen LogP contribution in [0.3, 0.4) is 0 Å². The molecule has 1 heterocycles. The molecule has 0 bridgehead atoms. The van der Waals surface area contributed by atoms with Crippen LogP contribution >= 0.6 is 0 Å². The van der Waals surface area contributed by atoms with Gasteiger partial charge in [0.2, 0.25) is 0 Å². The second kappa shape index (κ2) is 6.33. The molecule has 126 valence electrons. The van der Waals surface area contributed by atoms with Gasteiger partial charge in [-0.3, -0.25) is 10.1 Å². The Balaban J connectivity index is 1.76. The second-order valence-corrected chi connectivity index (χ2v) is 5.93. The molecule has 7 heteroatoms. The lowest BCUT2D eigenvalue weighted by atomic mass is 9.70. The quantitative estimate of drug-likeness (QED) is 0.640. The van der Waals surface area contributed by atoms with Gasteiger partial charge in [0.25, 0.3) is 0 Å². The van der Waals surface area contributed by atoms with Crippen LogP contribution in [0.5, 0.6) is 5.75 Å². The lowest BCUT2D eigenvalue weighted by Crippen LogP contribution is -2.66. The van der Waals surface area contributed by atoms with E-state index < -0.39 is 4.92 Å². The van der Waals surface area contributed by atoms with Gasteiger partial charge in [-0.2, -0.15) is 0 Å². The standard InChI is InChI=1S/C16H22N2O5/c1-3-22-15-10-14(16(15)7-4-8-23-16)17-11-5-6-12(18(19)20)13(9-11)21-2/h5-6,9,14-15,17H,3-4,7-8,10H2,1-2H3/t14-,15-,16-/m1/s1. The number of anilines is 1. The van der Waals surface area contributed by atoms with Crippen LogP contribution in [0.4, 0.5) is 11.4 Å². The summed E-state index contributed by atoms with van der Waals surface area (Å²) >= 11 is 0. The third-order valence-corrected chi connectivity index (χ3v) is 4.75. The van der Waals surface area contributed by atoms with Crippen molar-refractivity contribution in [3.63, 3.8) is 0 Å². The average Bonchev–Trinajstić information content (AvgIpc) is 3.06. The number of methoxy groups -OCH3 is 1. The van der Waals surface area contributed by atoms with Gasteiger partial charge in [0, 0.05) is 31.0 Å². The normalized spacial score (nSPS) is 29.3. The summed E-state index contributed by atoms with van der Waals surface area (Å²) in [6.45, 7) is 3.42. The first-order chi connectivity index (χ1) is 11.1. The van der Waals surface area contributed by atoms with Crippen molar-refractivity contribution in [2.75, 3.05) is 25.6 Å². The molecular formula is C16H22N2O5. The van der Waals surface area contributed by atoms with E-state index >= 15 is 0 Å². The Kier molecular flexibility index (Phi) is 4.41. The fourth-order valence-corrected chi connectivity index (χ4v) is 3.60. The predicted molar refractivity (Wildman–Crippen MR) is 85.0 cm³/mol. The minimum atomic E-state index is -0.446. The largest absolute Gasteiger partial charge is 0.490 e. The van der Waals surface area contributed by atoms with Crippen LogP contribution in [-0.2, 0) is 9.47 Å². The Morgan fingerprint density at radius 3 is 2.96 bits per heavy atom. The number of nitrogens with zero attached hydrogens (tertiary/aromatic N) is 1. The Labute approximate surface area is 135 Å². The van der Waals surface area contributed by atoms with Gasteiger partial charge in [-0.25, -0.2) is 0 Å². The van der Waals surface area contributed by atoms with E-state index in [-0.39, 0.29) is 29.2 Å². The zero-order valence-electron chi connectivity index (χ0n) is 13.4. The first-order valence-electron chi connectivity index (χ1n) is 7.95. The predicted octanol–water partition coefficient (Wildman–Crippen LogP) is 2.74. The number of rotatable bonds is 6. The molecule has 3 atom stereocenters. The van der Waals surface area contributed by atoms with Crippen molar-refractivity contribution in [1.82, 2.24) is 0 Å². The molecule has 0 unspecified atom stereocenters. The van der Waals surface area contributed by atoms with Crippen molar-refractivity contribution in [2.45, 2.75) is 43.9 Å². The van der Waals surface area contributed by atoms with Crippen LogP contribution in [0.25, 0.3) is 0 Å². The maximum absolute atomic E-state index is 11.0. The van der Waals surface area contributed by atoms with Crippen molar-refractivity contribution >= 4 is 11.4 Å². The zero-order valence-corrected chi connectivity index (χ0v) is 13.4. The van der Waals surface area contributed by atoms with Crippen molar-refractivity contribution < 1.29 is 19.1 Å². The molecule has 3 rings (SSSR count). The van der Waals surface area contributed by atoms with Gasteiger partial charge in [-0.1, -0.05) is 0 Å². The molecule has 0 radical (unpaired) electrons. The van der Waals surface area contributed by atoms with Crippen LogP contribution in [-0.4, -0.2) is 43.0 Å². The zero-order chi connectivity index (χ0) is 16.4. The van der Waals surface area contributed by atoms with E-state index in [4.69, 9.17) is 14.2 Å². The summed E-state index contributed by atoms with van der Waals surface area (Å²) < 4.78 is 16.9. The molecule has 1 aliphatic heterocycles. The van der Waals surface area contributed by atoms with E-state index in [1.165, 1.54) is 13.2 Å². The highest BCUT2D eigenvalue weighted by Crippen LogP contribution is 2.47. The van der Waals surface area contributed by atoms with Crippen LogP contribution in [0.15, 0.2) is 18.2 Å². The van der Waals surface area contributed by atoms with Crippen molar-refractivity contribution in [1.29, 1.82) is 0 Å². The highest BCUT2D eigenvalue weighted by Gasteiger charge is 2.58. The number of ether oxygens (including phenoxy) is 3. The van der Waals surface area contributed by atoms with Gasteiger partial charge >= 0.3 is 5.69 Å². The number of hydrogen-bond acceptors (Lipinski definition) is 6. The SMILES string of the molecule is CCO[C@@H]1C[C@@H](Nc2ccc([N+](=O)[O-])c(OC)c2)[C@]12CCCO2. The molecule has 1 aliphatic carbocycles. The van der Waals surface area contributed by atoms with Gasteiger partial charge in [0.1, 0.15) is 5.60 Å². The molecule has 1 N–H and O–H groups in total. The molecule has 1 saturated heterocycles. The Bertz CT molecular complexity index is 586. The third-order valence-electron chi connectivity index (χ3n) is 4.75. The highest BCUT2D eigenvalue weighted by atomic mass is 16.6. The van der Waals surface area contributed by atoms with E-state index in [1.807, 2.05) is 6.92 Å². The van der Waals surface area contributed by atoms with E-state index in [2.05, 4.69) is 5.32 Å². The molecule has 2 aliphatic rings. The molecule has 23 heavy (non-hydrogen) atoms. The Hall–Kier alpha value is -1.86. The fourth-order valence-electron chi connectivity index (χ4n) is 3.60. The monoisotopic (exact) mass is 322 g/mol. The third kappa shape index (κ3) is 2.74. The van der Waals surface area contributed by atoms with E-state index in [0.29, 0.717) is 6.61 Å². The minimum absolute atomic E-state index is 0.0364. The average molecular weight is 322 g/mol. The number of benzene rings is 1. The van der Waals surface area contributed by atoms with Crippen molar-refractivity contribution in [3.05, 3.63) is 28.3 Å². The molecule has 0 aromatic heterocycles. The molecule has 7 nitrogen and oxygen atoms in total. The summed E-state index contributed by atoms with van der Waals surface area (Å²) in [5, 5.41) is 14.4. The molecule has 1 saturated carbocycles. The lowest BCUT2D eigenvalue weighted by molar-refractivity contribution is -0.385. The number of hydrogen-bond donors (Lipinski definition) is 1. The van der Waals surface area contributed by atoms with Gasteiger partial charge in [-0.05, 0) is 32.3 Å². The first kappa shape index (κ1) is 16.0. The maximum Gasteiger partial charge on any atom is 0.311 e. The number of nitro benzene ring substituents is 1. The highest BCUT2D eigenvalue weighted by molar-refractivity contribution is 5.59. The van der Waals surface area contributed by atoms with Gasteiger partial charge < -0.3 is 19.5 Å². The Morgan fingerprint density at radius 1 is 1.52 bits per heavy atom. The number of nitro groups is 1. The van der Waals surface area contributed by atoms with Crippen LogP contribution in [0.2, 0.25) is 0 Å². The molecule has 1 aromatic carbocycles. The topological polar surface area (TPSA) is 82.9 Å². The summed E-state index contributed by atoms with van der Waals surface area (Å²) in [4.78, 5) is 10.5. The summed E-state index contributed by atoms with van der Waals surface area (Å²) in [6.07, 6.45) is 2.99. The smallest absolute Gasteiger partial charge is 0.311 e. The van der Waals surface area contributed by atoms with E-state index in [0.717, 1.165) is 31.6 Å². The summed E-state index contributed by atoms with van der Waals surface area (Å²) in [5.74, 6) is 0.252. The minimum Gasteiger partial charge on any atom is -0.490 e. The summed E-state index contributed by atoms with van der Waals surface area (Å²) in [7, 11) is 1.43. The van der Waals surface area contributed by atoms with E-state index in [9.17, 15) is 10.1 Å². The maximum atomic E-state index is 11.0. The molecule has 1 aromatic rings. The van der Waals surface area contributed by atoms with Gasteiger partial charge in [-0.15, -0.1) is 0 Å². The van der Waals surface area contributed by atoms with Gasteiger partial charge in [0.05, 0.1) is 24.2 Å². The fraction of sp³-hybridized carbons (Fsp3) is 0.625. The molecule has 1 spiro atoms. The first-order valence-corrected chi connectivity index (χ1v) is 7.95. The molecule has 2 fully saturated rings. The van der Waals surface area contributed by atoms with Crippen LogP contribution in [0, 0.1) is 10.1 Å². The van der Waals surface area contributed by atoms with Crippen molar-refractivity contribution in [3.8, 4) is 5.75 Å². The molecule has 0 amide bonds. The Morgan fingerprint density at radius 2 is 2.35 bits per heavy atom. The second-order valence-electron chi connectivity index (χ2n) is 5.93. The number of nitrogens with one attached hydrogen (secondary N) is 1. The van der Waals surface area contributed by atoms with Gasteiger partial charge in [0.15, 0.2) is 5.75 Å². The summed E-state index contributed by atoms with van der Waals surface area (Å²) in [6, 6.07) is 4.97. The lowest BCUT2D eigenvalue weighted by Gasteiger charge is -2.52. The van der Waals surface area contributed by atoms with Crippen molar-refractivity contribution in [2.24, 2.45) is 0 Å². The van der Waals surface area contributed by atoms with Crippen LogP contribution < -0.4 is 10.1 Å².